The fourth-order valence-corrected chi connectivity index (χ4v) is 6.88. The van der Waals surface area contributed by atoms with Crippen LogP contribution in [0.2, 0.25) is 0 Å². The number of thiazole rings is 1. The molecule has 0 bridgehead atoms. The summed E-state index contributed by atoms with van der Waals surface area (Å²) in [6.45, 7) is 12.2. The summed E-state index contributed by atoms with van der Waals surface area (Å²) in [6.07, 6.45) is -0.324. The number of carbonyl (C=O) groups excluding carboxylic acids is 2. The number of anilines is 1. The van der Waals surface area contributed by atoms with Crippen LogP contribution < -0.4 is 20.5 Å². The molecular weight excluding hydrogens is 616 g/mol. The molecule has 2 amide bonds. The van der Waals surface area contributed by atoms with Gasteiger partial charge in [-0.05, 0) is 59.5 Å². The van der Waals surface area contributed by atoms with Gasteiger partial charge in [0.2, 0.25) is 17.7 Å². The van der Waals surface area contributed by atoms with Crippen LogP contribution in [0.15, 0.2) is 52.3 Å². The van der Waals surface area contributed by atoms with E-state index >= 15 is 0 Å². The Hall–Kier alpha value is -4.71. The van der Waals surface area contributed by atoms with Gasteiger partial charge in [0.15, 0.2) is 5.58 Å². The third kappa shape index (κ3) is 6.34. The van der Waals surface area contributed by atoms with Crippen molar-refractivity contribution >= 4 is 51.0 Å². The van der Waals surface area contributed by atoms with Gasteiger partial charge < -0.3 is 29.8 Å². The minimum atomic E-state index is -0.869. The number of hydrogen-bond donors (Lipinski definition) is 2. The Morgan fingerprint density at radius 3 is 2.53 bits per heavy atom. The van der Waals surface area contributed by atoms with Crippen molar-refractivity contribution in [2.75, 3.05) is 19.0 Å². The number of likely N-dealkylation sites (tertiary alicyclic amines) is 1. The molecule has 1 saturated heterocycles. The lowest BCUT2D eigenvalue weighted by Crippen LogP contribution is -2.53. The highest BCUT2D eigenvalue weighted by atomic mass is 32.1. The number of oxazole rings is 1. The maximum Gasteiger partial charge on any atom is 0.296 e. The Labute approximate surface area is 277 Å². The number of nitrogens with one attached hydrogen (secondary N) is 1. The number of nitrogens with two attached hydrogens (primary N) is 1. The van der Waals surface area contributed by atoms with Crippen LogP contribution in [0.3, 0.4) is 0 Å². The van der Waals surface area contributed by atoms with E-state index in [1.807, 2.05) is 75.5 Å². The molecule has 47 heavy (non-hydrogen) atoms. The van der Waals surface area contributed by atoms with Crippen molar-refractivity contribution in [3.05, 3.63) is 59.1 Å². The topological polar surface area (TPSA) is 146 Å². The average molecular weight is 657 g/mol. The van der Waals surface area contributed by atoms with E-state index in [9.17, 15) is 9.59 Å². The standard InChI is InChI=1S/C35H40N6O5S/c1-18(2)25-17-47-32(38-25)24-15-22-19(3)27(44-7)13-12-21(22)31(37-24)45-20-14-26(30(36)42)41(16-20)33(43)29(35(4,5)6)40-34-39-23-10-8-9-11-28(23)46-34/h8-13,15,17-18,20,26,29H,14,16H2,1-7H3,(H2,36,42)(H,39,40)/t20?,26-,29+/m0/s1. The van der Waals surface area contributed by atoms with Gasteiger partial charge in [-0.3, -0.25) is 9.59 Å². The van der Waals surface area contributed by atoms with Crippen molar-refractivity contribution in [3.8, 4) is 22.3 Å². The van der Waals surface area contributed by atoms with Gasteiger partial charge in [-0.15, -0.1) is 11.3 Å². The number of aromatic nitrogens is 3. The molecule has 0 spiro atoms. The number of pyridine rings is 1. The Kier molecular flexibility index (Phi) is 8.56. The van der Waals surface area contributed by atoms with Crippen LogP contribution in [0.4, 0.5) is 6.01 Å². The smallest absolute Gasteiger partial charge is 0.296 e. The Bertz CT molecular complexity index is 1930. The number of fused-ring (bicyclic) bond motifs is 2. The highest BCUT2D eigenvalue weighted by Crippen LogP contribution is 2.38. The van der Waals surface area contributed by atoms with Gasteiger partial charge in [-0.1, -0.05) is 46.8 Å². The number of hydrogen-bond acceptors (Lipinski definition) is 10. The summed E-state index contributed by atoms with van der Waals surface area (Å²) >= 11 is 1.53. The highest BCUT2D eigenvalue weighted by molar-refractivity contribution is 7.13. The predicted octanol–water partition coefficient (Wildman–Crippen LogP) is 6.30. The predicted molar refractivity (Wildman–Crippen MR) is 183 cm³/mol. The van der Waals surface area contributed by atoms with E-state index < -0.39 is 29.5 Å². The lowest BCUT2D eigenvalue weighted by Gasteiger charge is -2.34. The zero-order valence-corrected chi connectivity index (χ0v) is 28.5. The summed E-state index contributed by atoms with van der Waals surface area (Å²) in [4.78, 5) is 42.8. The number of methoxy groups -OCH3 is 1. The van der Waals surface area contributed by atoms with Crippen molar-refractivity contribution in [2.24, 2.45) is 11.1 Å². The van der Waals surface area contributed by atoms with Crippen molar-refractivity contribution in [2.45, 2.75) is 72.1 Å². The minimum Gasteiger partial charge on any atom is -0.496 e. The van der Waals surface area contributed by atoms with Crippen molar-refractivity contribution < 1.29 is 23.5 Å². The number of aryl methyl sites for hydroxylation is 1. The molecule has 1 fully saturated rings. The zero-order chi connectivity index (χ0) is 33.6. The molecule has 11 nitrogen and oxygen atoms in total. The second-order valence-corrected chi connectivity index (χ2v) is 14.2. The quantitative estimate of drug-likeness (QED) is 0.187. The van der Waals surface area contributed by atoms with E-state index in [-0.39, 0.29) is 30.8 Å². The highest BCUT2D eigenvalue weighted by Gasteiger charge is 2.45. The third-order valence-electron chi connectivity index (χ3n) is 8.58. The molecule has 3 aromatic heterocycles. The third-order valence-corrected chi connectivity index (χ3v) is 9.46. The van der Waals surface area contributed by atoms with Crippen LogP contribution in [-0.4, -0.2) is 63.5 Å². The SMILES string of the molecule is COc1ccc2c(OC3C[C@@H](C(N)=O)N(C(=O)[C@@H](Nc4nc5ccccc5o4)C(C)(C)C)C3)nc(-c3nc(C(C)C)cs3)cc2c1C. The zero-order valence-electron chi connectivity index (χ0n) is 27.7. The van der Waals surface area contributed by atoms with Crippen molar-refractivity contribution in [1.29, 1.82) is 0 Å². The molecule has 5 aromatic rings. The number of rotatable bonds is 9. The molecule has 4 heterocycles. The maximum atomic E-state index is 14.2. The molecule has 6 rings (SSSR count). The van der Waals surface area contributed by atoms with Gasteiger partial charge in [0, 0.05) is 17.2 Å². The number of primary amides is 1. The summed E-state index contributed by atoms with van der Waals surface area (Å²) < 4.78 is 18.1. The number of para-hydroxylation sites is 2. The van der Waals surface area contributed by atoms with E-state index in [0.717, 1.165) is 32.8 Å². The lowest BCUT2D eigenvalue weighted by molar-refractivity contribution is -0.139. The van der Waals surface area contributed by atoms with Crippen molar-refractivity contribution in [3.63, 3.8) is 0 Å². The van der Waals surface area contributed by atoms with Crippen LogP contribution in [0.1, 0.15) is 58.2 Å². The Balaban J connectivity index is 1.32. The largest absolute Gasteiger partial charge is 0.496 e. The first-order valence-electron chi connectivity index (χ1n) is 15.7. The molecule has 1 aliphatic rings. The number of benzene rings is 2. The monoisotopic (exact) mass is 656 g/mol. The average Bonchev–Trinajstić information content (AvgIpc) is 3.78. The number of nitrogens with zero attached hydrogens (tertiary/aromatic N) is 4. The Morgan fingerprint density at radius 1 is 1.11 bits per heavy atom. The second kappa shape index (κ2) is 12.5. The number of ether oxygens (including phenoxy) is 2. The summed E-state index contributed by atoms with van der Waals surface area (Å²) in [5.41, 5.74) is 9.21. The van der Waals surface area contributed by atoms with E-state index in [2.05, 4.69) is 24.1 Å². The van der Waals surface area contributed by atoms with Crippen LogP contribution in [0, 0.1) is 12.3 Å². The molecule has 3 N–H and O–H groups in total. The van der Waals surface area contributed by atoms with Crippen LogP contribution in [-0.2, 0) is 9.59 Å². The van der Waals surface area contributed by atoms with E-state index in [1.54, 1.807) is 7.11 Å². The van der Waals surface area contributed by atoms with Crippen LogP contribution in [0.5, 0.6) is 11.6 Å². The second-order valence-electron chi connectivity index (χ2n) is 13.3. The van der Waals surface area contributed by atoms with Crippen LogP contribution in [0.25, 0.3) is 32.6 Å². The molecule has 3 atom stereocenters. The van der Waals surface area contributed by atoms with Gasteiger partial charge in [-0.2, -0.15) is 4.98 Å². The molecule has 246 valence electrons. The number of amides is 2. The molecular formula is C35H40N6O5S. The molecule has 2 aromatic carbocycles. The van der Waals surface area contributed by atoms with Gasteiger partial charge in [-0.25, -0.2) is 9.97 Å². The van der Waals surface area contributed by atoms with Gasteiger partial charge in [0.25, 0.3) is 6.01 Å². The molecule has 1 aliphatic heterocycles. The van der Waals surface area contributed by atoms with Crippen molar-refractivity contribution in [1.82, 2.24) is 19.9 Å². The molecule has 0 aliphatic carbocycles. The normalized spacial score (nSPS) is 17.4. The maximum absolute atomic E-state index is 14.2. The number of carbonyl (C=O) groups is 2. The van der Waals surface area contributed by atoms with Gasteiger partial charge >= 0.3 is 0 Å². The molecule has 1 unspecified atom stereocenters. The lowest BCUT2D eigenvalue weighted by atomic mass is 9.85. The fraction of sp³-hybridized carbons (Fsp3) is 0.400. The summed E-state index contributed by atoms with van der Waals surface area (Å²) in [6, 6.07) is 11.8. The van der Waals surface area contributed by atoms with E-state index in [0.29, 0.717) is 22.7 Å². The van der Waals surface area contributed by atoms with Gasteiger partial charge in [0.1, 0.15) is 40.2 Å². The summed E-state index contributed by atoms with van der Waals surface area (Å²) in [5.74, 6) is 0.512. The molecule has 12 heteroatoms. The van der Waals surface area contributed by atoms with E-state index in [4.69, 9.17) is 29.6 Å². The molecule has 0 saturated carbocycles. The first kappa shape index (κ1) is 32.2. The van der Waals surface area contributed by atoms with Gasteiger partial charge in [0.05, 0.1) is 19.3 Å². The van der Waals surface area contributed by atoms with Crippen LogP contribution >= 0.6 is 11.3 Å². The van der Waals surface area contributed by atoms with E-state index in [1.165, 1.54) is 16.2 Å². The minimum absolute atomic E-state index is 0.144. The first-order chi connectivity index (χ1) is 22.3. The first-order valence-corrected chi connectivity index (χ1v) is 16.5. The summed E-state index contributed by atoms with van der Waals surface area (Å²) in [5, 5.41) is 7.72. The fourth-order valence-electron chi connectivity index (χ4n) is 5.94. The Morgan fingerprint density at radius 2 is 1.87 bits per heavy atom. The molecule has 0 radical (unpaired) electrons. The summed E-state index contributed by atoms with van der Waals surface area (Å²) in [7, 11) is 1.64.